The monoisotopic (exact) mass is 738 g/mol. The first-order valence-corrected chi connectivity index (χ1v) is 18.0. The lowest BCUT2D eigenvalue weighted by molar-refractivity contribution is -0.311. The molecule has 0 aliphatic carbocycles. The summed E-state index contributed by atoms with van der Waals surface area (Å²) in [6.07, 6.45) is 4.22. The fourth-order valence-corrected chi connectivity index (χ4v) is 6.94. The first kappa shape index (κ1) is 38.5. The number of phenolic OH excluding ortho intramolecular Hbond substituents is 1. The molecule has 54 heavy (non-hydrogen) atoms. The summed E-state index contributed by atoms with van der Waals surface area (Å²) in [4.78, 5) is 28.4. The number of carbonyl (C=O) groups is 1. The van der Waals surface area contributed by atoms with Crippen LogP contribution >= 0.6 is 0 Å². The van der Waals surface area contributed by atoms with E-state index in [0.717, 1.165) is 24.8 Å². The maximum Gasteiger partial charge on any atom is 0.335 e. The summed E-state index contributed by atoms with van der Waals surface area (Å²) in [6, 6.07) is 20.7. The van der Waals surface area contributed by atoms with Gasteiger partial charge in [0.25, 0.3) is 0 Å². The van der Waals surface area contributed by atoms with Crippen LogP contribution in [0.2, 0.25) is 0 Å². The van der Waals surface area contributed by atoms with Gasteiger partial charge in [-0.05, 0) is 90.2 Å². The highest BCUT2D eigenvalue weighted by Crippen LogP contribution is 2.34. The second-order valence-corrected chi connectivity index (χ2v) is 13.9. The summed E-state index contributed by atoms with van der Waals surface area (Å²) in [6.45, 7) is 4.36. The van der Waals surface area contributed by atoms with Gasteiger partial charge >= 0.3 is 5.97 Å². The number of phenols is 1. The number of aliphatic hydroxyl groups excluding tert-OH is 2. The lowest BCUT2D eigenvalue weighted by Gasteiger charge is -2.47. The molecule has 5 aromatic rings. The minimum absolute atomic E-state index is 0.0505. The summed E-state index contributed by atoms with van der Waals surface area (Å²) < 4.78 is 17.4. The largest absolute Gasteiger partial charge is 0.508 e. The van der Waals surface area contributed by atoms with E-state index in [1.807, 2.05) is 30.6 Å². The van der Waals surface area contributed by atoms with Gasteiger partial charge in [-0.2, -0.15) is 0 Å². The van der Waals surface area contributed by atoms with Crippen LogP contribution in [0.1, 0.15) is 37.0 Å². The van der Waals surface area contributed by atoms with Crippen LogP contribution in [0.4, 0.5) is 0 Å². The first-order valence-electron chi connectivity index (χ1n) is 18.0. The van der Waals surface area contributed by atoms with Gasteiger partial charge in [0.2, 0.25) is 6.29 Å². The Kier molecular flexibility index (Phi) is 12.0. The van der Waals surface area contributed by atoms with E-state index in [1.54, 1.807) is 12.1 Å². The molecule has 1 aliphatic heterocycles. The zero-order chi connectivity index (χ0) is 38.4. The van der Waals surface area contributed by atoms with E-state index >= 15 is 0 Å². The Morgan fingerprint density at radius 3 is 2.59 bits per heavy atom. The Bertz CT molecular complexity index is 2110. The molecule has 3 heterocycles. The van der Waals surface area contributed by atoms with Crippen molar-refractivity contribution in [3.8, 4) is 22.6 Å². The molecule has 1 aliphatic rings. The fourth-order valence-electron chi connectivity index (χ4n) is 6.94. The number of rotatable bonds is 15. The molecule has 12 nitrogen and oxygen atoms in total. The quantitative estimate of drug-likeness (QED) is 0.0774. The molecule has 0 saturated carbocycles. The van der Waals surface area contributed by atoms with Gasteiger partial charge in [-0.1, -0.05) is 62.4 Å². The van der Waals surface area contributed by atoms with E-state index in [1.165, 1.54) is 47.7 Å². The SMILES string of the molecule is CCc1ccccc1/C=C/C[C@H](C)[C@H](CNC[C@]1(O)[C@H](Oc2ccc3c(=O)c(-c4ccc(O)cc4)coc3c2)O[C@H](C(=O)O)[C@@H](O)[C@@H]1O)Cc1cc[nH]c1. The number of H-pyrrole nitrogens is 1. The molecule has 0 amide bonds. The van der Waals surface area contributed by atoms with Crippen LogP contribution < -0.4 is 15.5 Å². The molecular formula is C42H46N2O10. The summed E-state index contributed by atoms with van der Waals surface area (Å²) in [7, 11) is 0. The number of ether oxygens (including phenoxy) is 2. The predicted molar refractivity (Wildman–Crippen MR) is 203 cm³/mol. The summed E-state index contributed by atoms with van der Waals surface area (Å²) in [5.74, 6) is -1.18. The molecule has 284 valence electrons. The van der Waals surface area contributed by atoms with Crippen LogP contribution in [-0.2, 0) is 22.4 Å². The van der Waals surface area contributed by atoms with Crippen molar-refractivity contribution in [2.24, 2.45) is 11.8 Å². The van der Waals surface area contributed by atoms with Gasteiger partial charge in [-0.25, -0.2) is 4.79 Å². The highest BCUT2D eigenvalue weighted by Gasteiger charge is 2.58. The van der Waals surface area contributed by atoms with Crippen molar-refractivity contribution in [2.45, 2.75) is 63.3 Å². The smallest absolute Gasteiger partial charge is 0.335 e. The second-order valence-electron chi connectivity index (χ2n) is 13.9. The molecule has 1 saturated heterocycles. The third kappa shape index (κ3) is 8.43. The molecule has 0 bridgehead atoms. The van der Waals surface area contributed by atoms with E-state index in [4.69, 9.17) is 13.9 Å². The summed E-state index contributed by atoms with van der Waals surface area (Å²) >= 11 is 0. The number of aromatic nitrogens is 1. The number of carboxylic acid groups (broad SMARTS) is 1. The number of aryl methyl sites for hydroxylation is 1. The number of hydrogen-bond acceptors (Lipinski definition) is 10. The molecule has 12 heteroatoms. The number of aromatic hydroxyl groups is 1. The lowest BCUT2D eigenvalue weighted by Crippen LogP contribution is -2.71. The van der Waals surface area contributed by atoms with E-state index in [-0.39, 0.29) is 51.8 Å². The summed E-state index contributed by atoms with van der Waals surface area (Å²) in [5, 5.41) is 56.8. The molecule has 0 spiro atoms. The van der Waals surface area contributed by atoms with E-state index in [2.05, 4.69) is 48.4 Å². The first-order chi connectivity index (χ1) is 26.0. The number of nitrogens with one attached hydrogen (secondary N) is 2. The van der Waals surface area contributed by atoms with Crippen molar-refractivity contribution in [3.63, 3.8) is 0 Å². The Morgan fingerprint density at radius 1 is 1.09 bits per heavy atom. The van der Waals surface area contributed by atoms with Crippen LogP contribution in [0.5, 0.6) is 11.5 Å². The minimum atomic E-state index is -2.31. The molecule has 7 N–H and O–H groups in total. The van der Waals surface area contributed by atoms with Gasteiger partial charge in [0, 0.05) is 25.0 Å². The Morgan fingerprint density at radius 2 is 1.87 bits per heavy atom. The van der Waals surface area contributed by atoms with Gasteiger partial charge in [0.15, 0.2) is 17.1 Å². The fraction of sp³-hybridized carbons (Fsp3) is 0.333. The molecule has 3 aromatic carbocycles. The molecule has 1 fully saturated rings. The molecular weight excluding hydrogens is 692 g/mol. The van der Waals surface area contributed by atoms with E-state index in [9.17, 15) is 35.1 Å². The number of aromatic amines is 1. The average Bonchev–Trinajstić information content (AvgIpc) is 3.69. The third-order valence-electron chi connectivity index (χ3n) is 10.3. The number of benzene rings is 3. The normalized spacial score (nSPS) is 22.7. The molecule has 0 unspecified atom stereocenters. The van der Waals surface area contributed by atoms with Crippen molar-refractivity contribution in [2.75, 3.05) is 13.1 Å². The molecule has 7 atom stereocenters. The van der Waals surface area contributed by atoms with Gasteiger partial charge in [-0.3, -0.25) is 4.79 Å². The Labute approximate surface area is 312 Å². The van der Waals surface area contributed by atoms with Crippen LogP contribution in [0.15, 0.2) is 107 Å². The van der Waals surface area contributed by atoms with Crippen molar-refractivity contribution < 1.29 is 44.2 Å². The molecule has 6 rings (SSSR count). The number of fused-ring (bicyclic) bond motifs is 1. The van der Waals surface area contributed by atoms with Gasteiger partial charge in [-0.15, -0.1) is 0 Å². The molecule has 2 aromatic heterocycles. The Hall–Kier alpha value is -5.24. The Balaban J connectivity index is 1.20. The maximum absolute atomic E-state index is 13.3. The number of allylic oxidation sites excluding steroid dienone is 1. The van der Waals surface area contributed by atoms with Crippen LogP contribution in [0, 0.1) is 11.8 Å². The lowest BCUT2D eigenvalue weighted by atomic mass is 9.84. The van der Waals surface area contributed by atoms with Gasteiger partial charge in [0.05, 0.1) is 10.9 Å². The van der Waals surface area contributed by atoms with Crippen molar-refractivity contribution in [1.82, 2.24) is 10.3 Å². The topological polar surface area (TPSA) is 195 Å². The van der Waals surface area contributed by atoms with E-state index in [0.29, 0.717) is 12.1 Å². The predicted octanol–water partition coefficient (Wildman–Crippen LogP) is 4.89. The summed E-state index contributed by atoms with van der Waals surface area (Å²) in [5.41, 5.74) is 1.86. The maximum atomic E-state index is 13.3. The van der Waals surface area contributed by atoms with Gasteiger partial charge in [0.1, 0.15) is 35.6 Å². The number of hydrogen-bond donors (Lipinski definition) is 7. The average molecular weight is 739 g/mol. The zero-order valence-electron chi connectivity index (χ0n) is 30.1. The highest BCUT2D eigenvalue weighted by molar-refractivity contribution is 5.82. The second kappa shape index (κ2) is 16.8. The molecule has 0 radical (unpaired) electrons. The van der Waals surface area contributed by atoms with Crippen LogP contribution in [0.25, 0.3) is 28.2 Å². The van der Waals surface area contributed by atoms with Crippen molar-refractivity contribution in [3.05, 3.63) is 124 Å². The van der Waals surface area contributed by atoms with E-state index < -0.39 is 36.2 Å². The van der Waals surface area contributed by atoms with Gasteiger partial charge < -0.3 is 49.7 Å². The number of carboxylic acids is 1. The minimum Gasteiger partial charge on any atom is -0.508 e. The third-order valence-corrected chi connectivity index (χ3v) is 10.3. The standard InChI is InChI=1S/C42H46N2O10/c1-3-27-8-4-5-9-28(27)10-6-7-25(2)30(19-26-17-18-43-21-26)22-44-24-42(51)39(48)37(47)38(40(49)50)54-41(42)53-32-15-16-33-35(20-32)52-23-34(36(33)46)29-11-13-31(45)14-12-29/h4-6,8-18,20-21,23,25,30,37-39,41,43-45,47-48,51H,3,7,19,22,24H2,1-2H3,(H,49,50)/b10-6+/t25-,30-,37+,38-,39-,41+,42+/m0/s1. The number of aliphatic hydroxyl groups is 3. The zero-order valence-corrected chi connectivity index (χ0v) is 30.1. The van der Waals surface area contributed by atoms with Crippen LogP contribution in [-0.4, -0.2) is 79.8 Å². The van der Waals surface area contributed by atoms with Crippen LogP contribution in [0.3, 0.4) is 0 Å². The van der Waals surface area contributed by atoms with Crippen molar-refractivity contribution in [1.29, 1.82) is 0 Å². The van der Waals surface area contributed by atoms with Crippen molar-refractivity contribution >= 4 is 23.0 Å². The highest BCUT2D eigenvalue weighted by atomic mass is 16.7. The number of aliphatic carboxylic acids is 1.